The Kier molecular flexibility index (Phi) is 5.78. The maximum absolute atomic E-state index is 12.8. The molecule has 0 radical (unpaired) electrons. The third-order valence-corrected chi connectivity index (χ3v) is 8.22. The minimum Gasteiger partial charge on any atom is -0.378 e. The predicted octanol–water partition coefficient (Wildman–Crippen LogP) is 4.75. The van der Waals surface area contributed by atoms with Gasteiger partial charge < -0.3 is 15.6 Å². The molecule has 3 N–H and O–H groups in total. The molecule has 0 unspecified atom stereocenters. The maximum atomic E-state index is 12.8. The maximum Gasteiger partial charge on any atom is 0.254 e. The molecule has 6 nitrogen and oxygen atoms in total. The summed E-state index contributed by atoms with van der Waals surface area (Å²) < 4.78 is 0. The molecule has 1 aromatic heterocycles. The Morgan fingerprint density at radius 1 is 1.12 bits per heavy atom. The van der Waals surface area contributed by atoms with Crippen molar-refractivity contribution in [1.82, 2.24) is 9.97 Å². The van der Waals surface area contributed by atoms with Gasteiger partial charge in [-0.05, 0) is 88.0 Å². The van der Waals surface area contributed by atoms with Crippen molar-refractivity contribution in [2.45, 2.75) is 69.0 Å². The Bertz CT molecular complexity index is 1040. The Balaban J connectivity index is 1.26. The van der Waals surface area contributed by atoms with E-state index in [9.17, 15) is 9.59 Å². The summed E-state index contributed by atoms with van der Waals surface area (Å²) in [6.07, 6.45) is 10.5. The van der Waals surface area contributed by atoms with Gasteiger partial charge in [0.25, 0.3) is 5.56 Å². The Morgan fingerprint density at radius 2 is 1.75 bits per heavy atom. The van der Waals surface area contributed by atoms with E-state index < -0.39 is 0 Å². The van der Waals surface area contributed by atoms with Gasteiger partial charge in [0, 0.05) is 23.2 Å². The molecule has 0 saturated heterocycles. The molecule has 7 heteroatoms. The van der Waals surface area contributed by atoms with E-state index >= 15 is 0 Å². The number of anilines is 2. The Hall–Kier alpha value is -2.28. The third kappa shape index (κ3) is 4.32. The van der Waals surface area contributed by atoms with Gasteiger partial charge in [0.05, 0.1) is 11.4 Å². The van der Waals surface area contributed by atoms with Crippen molar-refractivity contribution in [2.75, 3.05) is 16.9 Å². The number of benzene rings is 1. The largest absolute Gasteiger partial charge is 0.378 e. The van der Waals surface area contributed by atoms with Crippen LogP contribution in [0, 0.1) is 24.7 Å². The summed E-state index contributed by atoms with van der Waals surface area (Å²) in [4.78, 5) is 32.3. The van der Waals surface area contributed by atoms with Crippen LogP contribution in [-0.4, -0.2) is 27.7 Å². The van der Waals surface area contributed by atoms with Crippen LogP contribution in [0.1, 0.15) is 56.2 Å². The molecule has 4 aliphatic rings. The zero-order chi connectivity index (χ0) is 22.3. The molecule has 0 spiro atoms. The second-order valence-electron chi connectivity index (χ2n) is 10.1. The lowest BCUT2D eigenvalue weighted by Crippen LogP contribution is -2.54. The molecule has 170 valence electrons. The zero-order valence-electron chi connectivity index (χ0n) is 18.9. The van der Waals surface area contributed by atoms with Crippen LogP contribution in [0.25, 0.3) is 0 Å². The predicted molar refractivity (Wildman–Crippen MR) is 129 cm³/mol. The number of aromatic nitrogens is 2. The van der Waals surface area contributed by atoms with E-state index in [2.05, 4.69) is 26.7 Å². The number of amides is 1. The van der Waals surface area contributed by atoms with Gasteiger partial charge in [0.15, 0.2) is 5.16 Å². The summed E-state index contributed by atoms with van der Waals surface area (Å²) >= 11 is 1.40. The van der Waals surface area contributed by atoms with Crippen LogP contribution in [0.5, 0.6) is 0 Å². The number of carbonyl (C=O) groups is 1. The quantitative estimate of drug-likeness (QED) is 0.417. The van der Waals surface area contributed by atoms with Crippen LogP contribution >= 0.6 is 11.8 Å². The number of aromatic amines is 1. The highest BCUT2D eigenvalue weighted by molar-refractivity contribution is 7.98. The topological polar surface area (TPSA) is 86.9 Å². The molecule has 32 heavy (non-hydrogen) atoms. The van der Waals surface area contributed by atoms with Crippen LogP contribution in [-0.2, 0) is 11.2 Å². The fourth-order valence-electron chi connectivity index (χ4n) is 6.68. The molecule has 4 saturated carbocycles. The summed E-state index contributed by atoms with van der Waals surface area (Å²) in [6, 6.07) is 8.03. The number of rotatable bonds is 7. The highest BCUT2D eigenvalue weighted by Crippen LogP contribution is 2.56. The molecule has 1 aromatic carbocycles. The second-order valence-corrected chi connectivity index (χ2v) is 10.9. The first-order valence-corrected chi connectivity index (χ1v) is 13.0. The van der Waals surface area contributed by atoms with Crippen molar-refractivity contribution >= 4 is 29.0 Å². The summed E-state index contributed by atoms with van der Waals surface area (Å²) in [5, 5.41) is 7.57. The molecular weight excluding hydrogens is 420 g/mol. The number of thioether (sulfide) groups is 1. The highest BCUT2D eigenvalue weighted by atomic mass is 32.2. The first-order chi connectivity index (χ1) is 15.4. The third-order valence-electron chi connectivity index (χ3n) is 7.64. The minimum absolute atomic E-state index is 0.0856. The molecule has 4 fully saturated rings. The van der Waals surface area contributed by atoms with Crippen molar-refractivity contribution < 1.29 is 4.79 Å². The number of para-hydroxylation sites is 2. The van der Waals surface area contributed by atoms with Crippen molar-refractivity contribution in [3.8, 4) is 0 Å². The van der Waals surface area contributed by atoms with E-state index in [4.69, 9.17) is 0 Å². The van der Waals surface area contributed by atoms with Crippen LogP contribution in [0.3, 0.4) is 0 Å². The molecule has 6 rings (SSSR count). The standard InChI is InChI=1S/C25H32N4O2S/c1-15-19(23(31)28-24(26-15)32-2)7-8-22(30)27-20-5-3-4-6-21(20)29-25-12-16-9-17(13-25)11-18(10-16)14-25/h3-6,16-18,29H,7-14H2,1-2H3,(H,27,30)(H,26,28,31). The van der Waals surface area contributed by atoms with E-state index in [0.717, 1.165) is 29.1 Å². The number of H-pyrrole nitrogens is 1. The summed E-state index contributed by atoms with van der Waals surface area (Å²) in [7, 11) is 0. The fraction of sp³-hybridized carbons (Fsp3) is 0.560. The average molecular weight is 453 g/mol. The lowest BCUT2D eigenvalue weighted by Gasteiger charge is -2.57. The van der Waals surface area contributed by atoms with Crippen molar-refractivity contribution in [3.63, 3.8) is 0 Å². The molecule has 4 aliphatic carbocycles. The number of hydrogen-bond acceptors (Lipinski definition) is 5. The second kappa shape index (κ2) is 8.58. The van der Waals surface area contributed by atoms with Gasteiger partial charge in [-0.15, -0.1) is 0 Å². The molecule has 2 aromatic rings. The van der Waals surface area contributed by atoms with E-state index in [-0.39, 0.29) is 23.4 Å². The normalized spacial score (nSPS) is 28.0. The zero-order valence-corrected chi connectivity index (χ0v) is 19.7. The van der Waals surface area contributed by atoms with Gasteiger partial charge >= 0.3 is 0 Å². The molecule has 0 atom stereocenters. The smallest absolute Gasteiger partial charge is 0.254 e. The van der Waals surface area contributed by atoms with E-state index in [1.54, 1.807) is 0 Å². The average Bonchev–Trinajstić information content (AvgIpc) is 2.73. The van der Waals surface area contributed by atoms with Gasteiger partial charge in [-0.1, -0.05) is 23.9 Å². The summed E-state index contributed by atoms with van der Waals surface area (Å²) in [6.45, 7) is 1.83. The van der Waals surface area contributed by atoms with Crippen molar-refractivity contribution in [2.24, 2.45) is 17.8 Å². The van der Waals surface area contributed by atoms with Gasteiger partial charge in [-0.25, -0.2) is 4.98 Å². The SMILES string of the molecule is CSc1nc(C)c(CCC(=O)Nc2ccccc2NC23CC4CC(CC(C4)C2)C3)c(=O)[nH]1. The van der Waals surface area contributed by atoms with Crippen molar-refractivity contribution in [1.29, 1.82) is 0 Å². The van der Waals surface area contributed by atoms with Crippen LogP contribution in [0.4, 0.5) is 11.4 Å². The summed E-state index contributed by atoms with van der Waals surface area (Å²) in [5.74, 6) is 2.51. The monoisotopic (exact) mass is 452 g/mol. The molecule has 1 amide bonds. The van der Waals surface area contributed by atoms with Crippen molar-refractivity contribution in [3.05, 3.63) is 45.9 Å². The molecule has 0 aliphatic heterocycles. The van der Waals surface area contributed by atoms with E-state index in [1.165, 1.54) is 50.3 Å². The van der Waals surface area contributed by atoms with Gasteiger partial charge in [0.2, 0.25) is 5.91 Å². The number of aryl methyl sites for hydroxylation is 1. The van der Waals surface area contributed by atoms with E-state index in [0.29, 0.717) is 22.8 Å². The van der Waals surface area contributed by atoms with Crippen LogP contribution in [0.15, 0.2) is 34.2 Å². The molecule has 1 heterocycles. The van der Waals surface area contributed by atoms with Crippen LogP contribution in [0.2, 0.25) is 0 Å². The number of hydrogen-bond donors (Lipinski definition) is 3. The van der Waals surface area contributed by atoms with Gasteiger partial charge in [-0.3, -0.25) is 9.59 Å². The number of nitrogens with zero attached hydrogens (tertiary/aromatic N) is 1. The van der Waals surface area contributed by atoms with E-state index in [1.807, 2.05) is 31.4 Å². The van der Waals surface area contributed by atoms with Gasteiger partial charge in [-0.2, -0.15) is 0 Å². The number of carbonyl (C=O) groups excluding carboxylic acids is 1. The van der Waals surface area contributed by atoms with Gasteiger partial charge in [0.1, 0.15) is 0 Å². The molecular formula is C25H32N4O2S. The van der Waals surface area contributed by atoms with Crippen LogP contribution < -0.4 is 16.2 Å². The Labute approximate surface area is 193 Å². The molecule has 4 bridgehead atoms. The first kappa shape index (κ1) is 21.6. The first-order valence-electron chi connectivity index (χ1n) is 11.7. The Morgan fingerprint density at radius 3 is 2.34 bits per heavy atom. The fourth-order valence-corrected chi connectivity index (χ4v) is 7.10. The summed E-state index contributed by atoms with van der Waals surface area (Å²) in [5.41, 5.74) is 3.15. The highest BCUT2D eigenvalue weighted by Gasteiger charge is 2.51. The number of nitrogens with one attached hydrogen (secondary N) is 3. The minimum atomic E-state index is -0.154. The lowest BCUT2D eigenvalue weighted by atomic mass is 9.53. The lowest BCUT2D eigenvalue weighted by molar-refractivity contribution is -0.116.